The molecule has 1 N–H and O–H groups in total. The van der Waals surface area contributed by atoms with Crippen LogP contribution in [0.3, 0.4) is 0 Å². The quantitative estimate of drug-likeness (QED) is 0.0715. The number of aliphatic hydroxyl groups is 1. The van der Waals surface area contributed by atoms with Crippen LogP contribution in [0.5, 0.6) is 11.5 Å². The monoisotopic (exact) mass is 943 g/mol. The molecule has 305 valence electrons. The van der Waals surface area contributed by atoms with E-state index in [4.69, 9.17) is 9.72 Å². The van der Waals surface area contributed by atoms with Gasteiger partial charge in [0.25, 0.3) is 0 Å². The molecule has 0 atom stereocenters. The summed E-state index contributed by atoms with van der Waals surface area (Å²) in [6, 6.07) is 23.9. The number of aromatic nitrogens is 1. The second-order valence-electron chi connectivity index (χ2n) is 18.7. The smallest absolute Gasteiger partial charge is 0.162 e. The van der Waals surface area contributed by atoms with Crippen LogP contribution in [-0.2, 0) is 41.1 Å². The normalized spacial score (nSPS) is 15.6. The number of hydrogen-bond acceptors (Lipinski definition) is 4. The van der Waals surface area contributed by atoms with E-state index in [2.05, 4.69) is 116 Å². The third kappa shape index (κ3) is 8.67. The number of fused-ring (bicyclic) bond motifs is 4. The summed E-state index contributed by atoms with van der Waals surface area (Å²) in [7, 11) is 0. The SMILES string of the molecule is CCC(CC)C(=O)/C=C(\O)C(CC)CC.Cc1cc2c(cc1-c1cc3c4c(nccc4c1)-c1[c-]c4ccccc4c(C(C)(C)C)c1O3)C(C)(C)CCCC2(C)C.[Ir]. The number of aryl methyl sites for hydroxylation is 1. The Hall–Kier alpha value is -3.79. The van der Waals surface area contributed by atoms with Crippen LogP contribution in [0.15, 0.2) is 72.6 Å². The molecule has 0 saturated carbocycles. The topological polar surface area (TPSA) is 59.4 Å². The zero-order chi connectivity index (χ0) is 40.7. The molecular formula is C52H64IrNO3-. The van der Waals surface area contributed by atoms with Crippen LogP contribution in [0, 0.1) is 24.8 Å². The molecule has 2 heterocycles. The van der Waals surface area contributed by atoms with Gasteiger partial charge in [-0.1, -0.05) is 129 Å². The van der Waals surface area contributed by atoms with Gasteiger partial charge in [-0.3, -0.25) is 9.78 Å². The molecule has 1 radical (unpaired) electrons. The number of carbonyl (C=O) groups excluding carboxylic acids is 1. The number of rotatable bonds is 8. The summed E-state index contributed by atoms with van der Waals surface area (Å²) in [5, 5.41) is 14.3. The van der Waals surface area contributed by atoms with Gasteiger partial charge >= 0.3 is 0 Å². The molecule has 1 aromatic heterocycles. The van der Waals surface area contributed by atoms with Gasteiger partial charge < -0.3 is 9.84 Å². The van der Waals surface area contributed by atoms with Crippen LogP contribution >= 0.6 is 0 Å². The summed E-state index contributed by atoms with van der Waals surface area (Å²) in [6.45, 7) is 26.8. The van der Waals surface area contributed by atoms with Crippen molar-refractivity contribution < 1.29 is 34.7 Å². The number of benzene rings is 4. The van der Waals surface area contributed by atoms with Gasteiger partial charge in [-0.15, -0.1) is 17.5 Å². The van der Waals surface area contributed by atoms with Crippen LogP contribution in [0.25, 0.3) is 43.9 Å². The summed E-state index contributed by atoms with van der Waals surface area (Å²) in [5.74, 6) is 2.32. The molecule has 0 saturated heterocycles. The van der Waals surface area contributed by atoms with E-state index in [1.54, 1.807) is 0 Å². The van der Waals surface area contributed by atoms with Crippen LogP contribution in [0.2, 0.25) is 0 Å². The second kappa shape index (κ2) is 17.2. The Labute approximate surface area is 356 Å². The Bertz CT molecular complexity index is 2300. The first-order valence-electron chi connectivity index (χ1n) is 21.1. The maximum absolute atomic E-state index is 11.7. The van der Waals surface area contributed by atoms with E-state index in [9.17, 15) is 9.90 Å². The Kier molecular flexibility index (Phi) is 13.4. The third-order valence-corrected chi connectivity index (χ3v) is 12.8. The van der Waals surface area contributed by atoms with Crippen molar-refractivity contribution in [2.75, 3.05) is 0 Å². The van der Waals surface area contributed by atoms with E-state index in [0.29, 0.717) is 0 Å². The first-order chi connectivity index (χ1) is 26.4. The Morgan fingerprint density at radius 1 is 0.895 bits per heavy atom. The van der Waals surface area contributed by atoms with Crippen molar-refractivity contribution >= 4 is 27.3 Å². The van der Waals surface area contributed by atoms with Crippen LogP contribution < -0.4 is 4.74 Å². The molecule has 1 aliphatic heterocycles. The molecule has 0 amide bonds. The van der Waals surface area contributed by atoms with E-state index in [-0.39, 0.29) is 59.7 Å². The van der Waals surface area contributed by atoms with E-state index < -0.39 is 0 Å². The van der Waals surface area contributed by atoms with Gasteiger partial charge in [-0.2, -0.15) is 0 Å². The van der Waals surface area contributed by atoms with Crippen LogP contribution in [-0.4, -0.2) is 15.9 Å². The Morgan fingerprint density at radius 3 is 2.12 bits per heavy atom. The largest absolute Gasteiger partial charge is 0.512 e. The van der Waals surface area contributed by atoms with Crippen LogP contribution in [0.4, 0.5) is 0 Å². The van der Waals surface area contributed by atoms with Crippen molar-refractivity contribution in [2.24, 2.45) is 11.8 Å². The van der Waals surface area contributed by atoms with Gasteiger partial charge in [0, 0.05) is 55.3 Å². The minimum absolute atomic E-state index is 0. The summed E-state index contributed by atoms with van der Waals surface area (Å²) < 4.78 is 6.95. The zero-order valence-electron chi connectivity index (χ0n) is 36.5. The molecule has 5 aromatic rings. The molecule has 7 rings (SSSR count). The van der Waals surface area contributed by atoms with Gasteiger partial charge in [-0.05, 0) is 113 Å². The summed E-state index contributed by atoms with van der Waals surface area (Å²) >= 11 is 0. The Morgan fingerprint density at radius 2 is 1.51 bits per heavy atom. The summed E-state index contributed by atoms with van der Waals surface area (Å²) in [6.07, 6.45) is 10.5. The molecule has 0 spiro atoms. The molecule has 0 bridgehead atoms. The van der Waals surface area contributed by atoms with Crippen molar-refractivity contribution in [3.8, 4) is 33.9 Å². The third-order valence-electron chi connectivity index (χ3n) is 12.8. The van der Waals surface area contributed by atoms with Crippen molar-refractivity contribution in [1.29, 1.82) is 0 Å². The van der Waals surface area contributed by atoms with Gasteiger partial charge in [-0.25, -0.2) is 0 Å². The van der Waals surface area contributed by atoms with Gasteiger partial charge in [0.1, 0.15) is 5.75 Å². The molecule has 2 aliphatic rings. The molecule has 57 heavy (non-hydrogen) atoms. The summed E-state index contributed by atoms with van der Waals surface area (Å²) in [4.78, 5) is 16.6. The number of allylic oxidation sites excluding steroid dienone is 2. The van der Waals surface area contributed by atoms with E-state index in [1.165, 1.54) is 64.1 Å². The number of carbonyl (C=O) groups is 1. The standard InChI is InChI=1S/C39H40NO.C13H24O2.Ir/c1-23-18-30-31(39(7,8)16-11-15-38(30,5)6)22-28(23)26-19-25-14-17-40-35-29-20-24-12-9-10-13-27(24)34(37(2,3)4)36(29)41-32(21-26)33(25)35;1-5-10(6-2)12(14)9-13(15)11(7-3)8-4;/h9-10,12-14,17-19,21-22H,11,15-16H2,1-8H3;9-11,14H,5-8H2,1-4H3;/q-1;;/b;12-9-;. The molecule has 4 nitrogen and oxygen atoms in total. The molecule has 0 unspecified atom stereocenters. The molecule has 5 heteroatoms. The second-order valence-corrected chi connectivity index (χ2v) is 18.7. The van der Waals surface area contributed by atoms with Gasteiger partial charge in [0.15, 0.2) is 5.78 Å². The van der Waals surface area contributed by atoms with Gasteiger partial charge in [0.2, 0.25) is 0 Å². The number of hydrogen-bond donors (Lipinski definition) is 1. The number of ether oxygens (including phenoxy) is 1. The molecule has 1 aliphatic carbocycles. The Balaban J connectivity index is 0.000000333. The maximum Gasteiger partial charge on any atom is 0.162 e. The first kappa shape index (κ1) is 44.3. The predicted molar refractivity (Wildman–Crippen MR) is 236 cm³/mol. The van der Waals surface area contributed by atoms with Crippen molar-refractivity contribution in [1.82, 2.24) is 4.98 Å². The molecule has 0 fully saturated rings. The molecule has 4 aromatic carbocycles. The van der Waals surface area contributed by atoms with E-state index >= 15 is 0 Å². The fourth-order valence-electron chi connectivity index (χ4n) is 9.24. The number of aliphatic hydroxyl groups excluding tert-OH is 1. The predicted octanol–water partition coefficient (Wildman–Crippen LogP) is 14.8. The van der Waals surface area contributed by atoms with E-state index in [0.717, 1.165) is 64.6 Å². The zero-order valence-corrected chi connectivity index (χ0v) is 38.9. The minimum atomic E-state index is -0.117. The molecular weight excluding hydrogens is 879 g/mol. The van der Waals surface area contributed by atoms with Gasteiger partial charge in [0.05, 0.1) is 11.5 Å². The fraction of sp³-hybridized carbons (Fsp3) is 0.462. The summed E-state index contributed by atoms with van der Waals surface area (Å²) in [5.41, 5.74) is 10.2. The minimum Gasteiger partial charge on any atom is -0.512 e. The fourth-order valence-corrected chi connectivity index (χ4v) is 9.24. The van der Waals surface area contributed by atoms with E-state index in [1.807, 2.05) is 33.9 Å². The van der Waals surface area contributed by atoms with Crippen molar-refractivity contribution in [2.45, 2.75) is 144 Å². The number of nitrogens with zero attached hydrogens (tertiary/aromatic N) is 1. The average molecular weight is 943 g/mol. The first-order valence-corrected chi connectivity index (χ1v) is 21.1. The number of ketones is 1. The van der Waals surface area contributed by atoms with Crippen molar-refractivity contribution in [3.05, 3.63) is 101 Å². The maximum atomic E-state index is 11.7. The number of pyridine rings is 1. The average Bonchev–Trinajstić information content (AvgIpc) is 3.22. The van der Waals surface area contributed by atoms with Crippen molar-refractivity contribution in [3.63, 3.8) is 0 Å². The van der Waals surface area contributed by atoms with Crippen LogP contribution in [0.1, 0.15) is 143 Å².